The fourth-order valence-electron chi connectivity index (χ4n) is 0.433. The Bertz CT molecular complexity index is 69.9. The Morgan fingerprint density at radius 1 is 1.44 bits per heavy atom. The Labute approximate surface area is 68.2 Å². The molecule has 0 fully saturated rings. The lowest BCUT2D eigenvalue weighted by atomic mass is 10.3. The third-order valence-electron chi connectivity index (χ3n) is 0.757. The summed E-state index contributed by atoms with van der Waals surface area (Å²) in [5.74, 6) is 0. The molecular weight excluding hydrogens is 196 g/mol. The van der Waals surface area contributed by atoms with E-state index in [2.05, 4.69) is 36.7 Å². The molecule has 0 saturated carbocycles. The van der Waals surface area contributed by atoms with Gasteiger partial charge >= 0.3 is 0 Å². The van der Waals surface area contributed by atoms with Crippen molar-refractivity contribution >= 4 is 25.7 Å². The Balaban J connectivity index is 3.07. The maximum Gasteiger partial charge on any atom is 0.166 e. The molecule has 0 radical (unpaired) electrons. The fraction of sp³-hybridized carbons (Fsp3) is 1.00. The van der Waals surface area contributed by atoms with E-state index in [1.165, 1.54) is 0 Å². The molecule has 0 N–H and O–H groups in total. The molecule has 0 aromatic carbocycles. The summed E-state index contributed by atoms with van der Waals surface area (Å²) >= 11 is 3.31. The molecule has 0 bridgehead atoms. The molecule has 0 unspecified atom stereocenters. The predicted molar refractivity (Wildman–Crippen MR) is 48.0 cm³/mol. The second-order valence-corrected chi connectivity index (χ2v) is 6.91. The first-order valence-corrected chi connectivity index (χ1v) is 5.60. The Hall–Kier alpha value is 0.657. The zero-order valence-electron chi connectivity index (χ0n) is 6.41. The first-order chi connectivity index (χ1) is 4.06. The minimum atomic E-state index is -0.291. The van der Waals surface area contributed by atoms with Gasteiger partial charge in [-0.15, -0.1) is 0 Å². The van der Waals surface area contributed by atoms with Crippen molar-refractivity contribution in [3.8, 4) is 0 Å². The maximum atomic E-state index is 5.44. The molecule has 0 aliphatic heterocycles. The van der Waals surface area contributed by atoms with Crippen LogP contribution in [-0.4, -0.2) is 21.7 Å². The van der Waals surface area contributed by atoms with Crippen LogP contribution in [0.5, 0.6) is 0 Å². The predicted octanol–water partition coefficient (Wildman–Crippen LogP) is 1.70. The number of hydrogen-bond acceptors (Lipinski definition) is 1. The first kappa shape index (κ1) is 9.66. The first-order valence-electron chi connectivity index (χ1n) is 3.20. The summed E-state index contributed by atoms with van der Waals surface area (Å²) in [5.41, 5.74) is 0. The summed E-state index contributed by atoms with van der Waals surface area (Å²) in [6.07, 6.45) is 0. The number of hydrogen-bond donors (Lipinski definition) is 0. The van der Waals surface area contributed by atoms with Gasteiger partial charge in [0.25, 0.3) is 0 Å². The van der Waals surface area contributed by atoms with Crippen LogP contribution < -0.4 is 0 Å². The van der Waals surface area contributed by atoms with Crippen LogP contribution in [0.25, 0.3) is 0 Å². The Morgan fingerprint density at radius 2 is 2.00 bits per heavy atom. The molecule has 0 spiro atoms. The third kappa shape index (κ3) is 8.66. The Kier molecular flexibility index (Phi) is 4.80. The molecule has 0 heterocycles. The van der Waals surface area contributed by atoms with Gasteiger partial charge in [0, 0.05) is 11.9 Å². The lowest BCUT2D eigenvalue weighted by molar-refractivity contribution is 0.348. The van der Waals surface area contributed by atoms with E-state index in [9.17, 15) is 0 Å². The summed E-state index contributed by atoms with van der Waals surface area (Å²) < 4.78 is 5.44. The van der Waals surface area contributed by atoms with Gasteiger partial charge in [0.15, 0.2) is 9.76 Å². The molecule has 9 heavy (non-hydrogen) atoms. The second kappa shape index (κ2) is 4.47. The molecule has 0 aromatic rings. The van der Waals surface area contributed by atoms with E-state index in [0.29, 0.717) is 5.04 Å². The van der Waals surface area contributed by atoms with Gasteiger partial charge < -0.3 is 4.43 Å². The molecular formula is C6H15BrOSi. The molecule has 0 rings (SSSR count). The number of rotatable bonds is 3. The summed E-state index contributed by atoms with van der Waals surface area (Å²) in [4.78, 5) is 0. The van der Waals surface area contributed by atoms with Gasteiger partial charge in [0.1, 0.15) is 0 Å². The number of halogens is 1. The van der Waals surface area contributed by atoms with Gasteiger partial charge in [0.2, 0.25) is 0 Å². The molecule has 0 amide bonds. The van der Waals surface area contributed by atoms with Gasteiger partial charge in [-0.1, -0.05) is 36.7 Å². The largest absolute Gasteiger partial charge is 0.423 e. The van der Waals surface area contributed by atoms with Crippen LogP contribution in [0.2, 0.25) is 5.04 Å². The van der Waals surface area contributed by atoms with Crippen molar-refractivity contribution in [1.29, 1.82) is 0 Å². The Morgan fingerprint density at radius 3 is 2.33 bits per heavy atom. The number of alkyl halides is 1. The van der Waals surface area contributed by atoms with E-state index in [1.54, 1.807) is 0 Å². The van der Waals surface area contributed by atoms with Crippen molar-refractivity contribution in [3.63, 3.8) is 0 Å². The van der Waals surface area contributed by atoms with Gasteiger partial charge in [-0.25, -0.2) is 0 Å². The van der Waals surface area contributed by atoms with E-state index in [0.717, 1.165) is 11.9 Å². The topological polar surface area (TPSA) is 9.23 Å². The van der Waals surface area contributed by atoms with E-state index >= 15 is 0 Å². The van der Waals surface area contributed by atoms with Crippen LogP contribution in [0.3, 0.4) is 0 Å². The SMILES string of the molecule is CC(C)(C)[SiH2]OCCBr. The van der Waals surface area contributed by atoms with Crippen molar-refractivity contribution in [3.05, 3.63) is 0 Å². The normalized spacial score (nSPS) is 13.3. The van der Waals surface area contributed by atoms with Crippen molar-refractivity contribution in [1.82, 2.24) is 0 Å². The summed E-state index contributed by atoms with van der Waals surface area (Å²) in [7, 11) is -0.291. The molecule has 0 aliphatic carbocycles. The highest BCUT2D eigenvalue weighted by atomic mass is 79.9. The van der Waals surface area contributed by atoms with Crippen LogP contribution in [0.1, 0.15) is 20.8 Å². The van der Waals surface area contributed by atoms with Crippen LogP contribution >= 0.6 is 15.9 Å². The zero-order valence-corrected chi connectivity index (χ0v) is 9.41. The molecule has 3 heteroatoms. The standard InChI is InChI=1S/C6H15BrOSi/c1-6(2,3)9-8-5-4-7/h4-5,9H2,1-3H3. The second-order valence-electron chi connectivity index (χ2n) is 3.30. The highest BCUT2D eigenvalue weighted by Gasteiger charge is 2.10. The van der Waals surface area contributed by atoms with Crippen molar-refractivity contribution in [2.24, 2.45) is 0 Å². The van der Waals surface area contributed by atoms with Gasteiger partial charge in [0.05, 0.1) is 0 Å². The van der Waals surface area contributed by atoms with Crippen LogP contribution in [0.15, 0.2) is 0 Å². The molecule has 56 valence electrons. The summed E-state index contributed by atoms with van der Waals surface area (Å²) in [5, 5.41) is 1.41. The van der Waals surface area contributed by atoms with Crippen LogP contribution in [-0.2, 0) is 4.43 Å². The van der Waals surface area contributed by atoms with E-state index in [1.807, 2.05) is 0 Å². The van der Waals surface area contributed by atoms with E-state index < -0.39 is 0 Å². The average Bonchev–Trinajstić information content (AvgIpc) is 1.63. The van der Waals surface area contributed by atoms with Gasteiger partial charge in [-0.05, 0) is 5.04 Å². The molecule has 0 aliphatic rings. The minimum Gasteiger partial charge on any atom is -0.423 e. The smallest absolute Gasteiger partial charge is 0.166 e. The van der Waals surface area contributed by atoms with Crippen molar-refractivity contribution in [2.75, 3.05) is 11.9 Å². The van der Waals surface area contributed by atoms with Crippen molar-refractivity contribution < 1.29 is 4.43 Å². The molecule has 0 aromatic heterocycles. The minimum absolute atomic E-state index is 0.291. The maximum absolute atomic E-state index is 5.44. The summed E-state index contributed by atoms with van der Waals surface area (Å²) in [6.45, 7) is 7.57. The highest BCUT2D eigenvalue weighted by molar-refractivity contribution is 9.09. The van der Waals surface area contributed by atoms with E-state index in [4.69, 9.17) is 4.43 Å². The average molecular weight is 211 g/mol. The fourth-order valence-corrected chi connectivity index (χ4v) is 1.99. The van der Waals surface area contributed by atoms with Gasteiger partial charge in [-0.3, -0.25) is 0 Å². The van der Waals surface area contributed by atoms with E-state index in [-0.39, 0.29) is 9.76 Å². The van der Waals surface area contributed by atoms with Gasteiger partial charge in [-0.2, -0.15) is 0 Å². The van der Waals surface area contributed by atoms with Crippen LogP contribution in [0, 0.1) is 0 Å². The molecule has 0 saturated heterocycles. The molecule has 1 nitrogen and oxygen atoms in total. The highest BCUT2D eigenvalue weighted by Crippen LogP contribution is 2.19. The van der Waals surface area contributed by atoms with Crippen LogP contribution in [0.4, 0.5) is 0 Å². The van der Waals surface area contributed by atoms with Crippen molar-refractivity contribution in [2.45, 2.75) is 25.8 Å². The summed E-state index contributed by atoms with van der Waals surface area (Å²) in [6, 6.07) is 0. The molecule has 0 atom stereocenters. The lowest BCUT2D eigenvalue weighted by Gasteiger charge is -2.16. The monoisotopic (exact) mass is 210 g/mol. The quantitative estimate of drug-likeness (QED) is 0.392. The zero-order chi connectivity index (χ0) is 7.33. The lowest BCUT2D eigenvalue weighted by Crippen LogP contribution is -2.13. The third-order valence-corrected chi connectivity index (χ3v) is 2.44.